The lowest BCUT2D eigenvalue weighted by Crippen LogP contribution is -2.37. The van der Waals surface area contributed by atoms with Crippen LogP contribution in [0.25, 0.3) is 0 Å². The van der Waals surface area contributed by atoms with Gasteiger partial charge in [-0.1, -0.05) is 45.0 Å². The van der Waals surface area contributed by atoms with Crippen LogP contribution in [0.1, 0.15) is 67.2 Å². The topological polar surface area (TPSA) is 78.1 Å². The standard InChI is InChI=1S/C21H28N4O2/c1-21(2,3)18(15-10-8-14(9-11-15)13-6-7-13)24-19(27)16-12-17(26)23-20(22-16)25(4)5/h8-13,18H,6-7H2,1-5H3,(H,24,27)(H,22,23,26)/t18-/m0/s1. The maximum absolute atomic E-state index is 12.8. The van der Waals surface area contributed by atoms with Crippen LogP contribution < -0.4 is 15.8 Å². The third-order valence-electron chi connectivity index (χ3n) is 4.85. The first-order valence-corrected chi connectivity index (χ1v) is 9.34. The molecular formula is C21H28N4O2. The van der Waals surface area contributed by atoms with Gasteiger partial charge in [0.15, 0.2) is 0 Å². The lowest BCUT2D eigenvalue weighted by molar-refractivity contribution is 0.0896. The third kappa shape index (κ3) is 4.56. The fourth-order valence-corrected chi connectivity index (χ4v) is 3.16. The average Bonchev–Trinajstić information content (AvgIpc) is 3.43. The lowest BCUT2D eigenvalue weighted by atomic mass is 9.82. The molecule has 1 saturated carbocycles. The molecule has 1 aliphatic rings. The van der Waals surface area contributed by atoms with Gasteiger partial charge in [0, 0.05) is 20.2 Å². The Labute approximate surface area is 160 Å². The van der Waals surface area contributed by atoms with Crippen molar-refractivity contribution in [3.05, 3.63) is 57.5 Å². The maximum Gasteiger partial charge on any atom is 0.270 e. The summed E-state index contributed by atoms with van der Waals surface area (Å²) in [5, 5.41) is 3.07. The fraction of sp³-hybridized carbons (Fsp3) is 0.476. The van der Waals surface area contributed by atoms with E-state index < -0.39 is 0 Å². The van der Waals surface area contributed by atoms with E-state index in [0.717, 1.165) is 5.56 Å². The molecule has 3 rings (SSSR count). The number of rotatable bonds is 5. The van der Waals surface area contributed by atoms with E-state index in [1.807, 2.05) is 0 Å². The number of carbonyl (C=O) groups excluding carboxylic acids is 1. The molecule has 0 radical (unpaired) electrons. The Hall–Kier alpha value is -2.63. The third-order valence-corrected chi connectivity index (χ3v) is 4.85. The summed E-state index contributed by atoms with van der Waals surface area (Å²) < 4.78 is 0. The number of amides is 1. The van der Waals surface area contributed by atoms with Gasteiger partial charge in [-0.25, -0.2) is 4.98 Å². The number of hydrogen-bond donors (Lipinski definition) is 2. The van der Waals surface area contributed by atoms with Crippen LogP contribution in [0, 0.1) is 5.41 Å². The van der Waals surface area contributed by atoms with Crippen molar-refractivity contribution < 1.29 is 4.79 Å². The van der Waals surface area contributed by atoms with E-state index in [0.29, 0.717) is 11.9 Å². The molecule has 1 heterocycles. The van der Waals surface area contributed by atoms with Gasteiger partial charge < -0.3 is 10.2 Å². The highest BCUT2D eigenvalue weighted by atomic mass is 16.2. The number of aromatic amines is 1. The summed E-state index contributed by atoms with van der Waals surface area (Å²) in [6.07, 6.45) is 2.53. The minimum absolute atomic E-state index is 0.117. The van der Waals surface area contributed by atoms with Crippen LogP contribution >= 0.6 is 0 Å². The molecule has 1 fully saturated rings. The predicted molar refractivity (Wildman–Crippen MR) is 107 cm³/mol. The molecular weight excluding hydrogens is 340 g/mol. The monoisotopic (exact) mass is 368 g/mol. The van der Waals surface area contributed by atoms with Crippen molar-refractivity contribution in [1.82, 2.24) is 15.3 Å². The molecule has 6 nitrogen and oxygen atoms in total. The summed E-state index contributed by atoms with van der Waals surface area (Å²) in [4.78, 5) is 33.3. The van der Waals surface area contributed by atoms with Gasteiger partial charge in [0.05, 0.1) is 6.04 Å². The molecule has 0 bridgehead atoms. The van der Waals surface area contributed by atoms with Gasteiger partial charge >= 0.3 is 0 Å². The Kier molecular flexibility index (Phi) is 5.09. The summed E-state index contributed by atoms with van der Waals surface area (Å²) in [5.41, 5.74) is 2.00. The SMILES string of the molecule is CN(C)c1nc(C(=O)N[C@@H](c2ccc(C3CC3)cc2)C(C)(C)C)cc(=O)[nH]1. The van der Waals surface area contributed by atoms with Crippen molar-refractivity contribution in [1.29, 1.82) is 0 Å². The number of hydrogen-bond acceptors (Lipinski definition) is 4. The number of aromatic nitrogens is 2. The lowest BCUT2D eigenvalue weighted by Gasteiger charge is -2.32. The number of H-pyrrole nitrogens is 1. The van der Waals surface area contributed by atoms with Crippen LogP contribution in [0.3, 0.4) is 0 Å². The summed E-state index contributed by atoms with van der Waals surface area (Å²) in [6.45, 7) is 6.26. The highest BCUT2D eigenvalue weighted by Crippen LogP contribution is 2.41. The smallest absolute Gasteiger partial charge is 0.270 e. The quantitative estimate of drug-likeness (QED) is 0.849. The highest BCUT2D eigenvalue weighted by molar-refractivity contribution is 5.92. The highest BCUT2D eigenvalue weighted by Gasteiger charge is 2.30. The van der Waals surface area contributed by atoms with Crippen LogP contribution in [0.2, 0.25) is 0 Å². The van der Waals surface area contributed by atoms with E-state index in [-0.39, 0.29) is 28.6 Å². The fourth-order valence-electron chi connectivity index (χ4n) is 3.16. The second-order valence-corrected chi connectivity index (χ2v) is 8.56. The van der Waals surface area contributed by atoms with E-state index in [1.165, 1.54) is 24.5 Å². The zero-order valence-corrected chi connectivity index (χ0v) is 16.7. The van der Waals surface area contributed by atoms with Crippen molar-refractivity contribution in [3.63, 3.8) is 0 Å². The molecule has 6 heteroatoms. The summed E-state index contributed by atoms with van der Waals surface area (Å²) >= 11 is 0. The second kappa shape index (κ2) is 7.18. The van der Waals surface area contributed by atoms with E-state index in [2.05, 4.69) is 60.3 Å². The van der Waals surface area contributed by atoms with Gasteiger partial charge in [0.1, 0.15) is 5.69 Å². The summed E-state index contributed by atoms with van der Waals surface area (Å²) in [7, 11) is 3.53. The number of benzene rings is 1. The number of nitrogens with one attached hydrogen (secondary N) is 2. The molecule has 0 saturated heterocycles. The molecule has 1 aromatic heterocycles. The van der Waals surface area contributed by atoms with Gasteiger partial charge in [-0.05, 0) is 35.3 Å². The van der Waals surface area contributed by atoms with Gasteiger partial charge in [0.2, 0.25) is 5.95 Å². The van der Waals surface area contributed by atoms with Crippen LogP contribution in [-0.2, 0) is 0 Å². The van der Waals surface area contributed by atoms with E-state index in [9.17, 15) is 9.59 Å². The summed E-state index contributed by atoms with van der Waals surface area (Å²) in [5.74, 6) is 0.704. The first kappa shape index (κ1) is 19.1. The summed E-state index contributed by atoms with van der Waals surface area (Å²) in [6, 6.07) is 9.56. The Morgan fingerprint density at radius 3 is 2.37 bits per heavy atom. The minimum atomic E-state index is -0.351. The Morgan fingerprint density at radius 2 is 1.85 bits per heavy atom. The maximum atomic E-state index is 12.8. The number of nitrogens with zero attached hydrogens (tertiary/aromatic N) is 2. The first-order chi connectivity index (χ1) is 12.6. The molecule has 27 heavy (non-hydrogen) atoms. The van der Waals surface area contributed by atoms with Crippen LogP contribution in [0.4, 0.5) is 5.95 Å². The molecule has 2 N–H and O–H groups in total. The van der Waals surface area contributed by atoms with Gasteiger partial charge in [0.25, 0.3) is 11.5 Å². The van der Waals surface area contributed by atoms with Crippen LogP contribution in [0.15, 0.2) is 35.1 Å². The van der Waals surface area contributed by atoms with Gasteiger partial charge in [-0.2, -0.15) is 0 Å². The van der Waals surface area contributed by atoms with Crippen LogP contribution in [-0.4, -0.2) is 30.0 Å². The second-order valence-electron chi connectivity index (χ2n) is 8.56. The minimum Gasteiger partial charge on any atom is -0.348 e. The molecule has 0 spiro atoms. The molecule has 0 unspecified atom stereocenters. The van der Waals surface area contributed by atoms with Crippen molar-refractivity contribution >= 4 is 11.9 Å². The molecule has 1 aromatic carbocycles. The van der Waals surface area contributed by atoms with E-state index in [4.69, 9.17) is 0 Å². The zero-order valence-electron chi connectivity index (χ0n) is 16.7. The van der Waals surface area contributed by atoms with Gasteiger partial charge in [-0.3, -0.25) is 14.6 Å². The zero-order chi connectivity index (χ0) is 19.8. The molecule has 1 amide bonds. The normalized spacial score (nSPS) is 15.3. The number of anilines is 1. The molecule has 0 aliphatic heterocycles. The predicted octanol–water partition coefficient (Wildman–Crippen LogP) is 3.23. The number of carbonyl (C=O) groups is 1. The Balaban J connectivity index is 1.86. The first-order valence-electron chi connectivity index (χ1n) is 9.34. The van der Waals surface area contributed by atoms with Crippen molar-refractivity contribution in [2.45, 2.75) is 45.6 Å². The molecule has 144 valence electrons. The largest absolute Gasteiger partial charge is 0.348 e. The molecule has 1 atom stereocenters. The molecule has 2 aromatic rings. The van der Waals surface area contributed by atoms with Crippen LogP contribution in [0.5, 0.6) is 0 Å². The average molecular weight is 368 g/mol. The van der Waals surface area contributed by atoms with E-state index >= 15 is 0 Å². The Bertz CT molecular complexity index is 874. The molecule has 1 aliphatic carbocycles. The van der Waals surface area contributed by atoms with E-state index in [1.54, 1.807) is 19.0 Å². The Morgan fingerprint density at radius 1 is 1.22 bits per heavy atom. The van der Waals surface area contributed by atoms with Crippen molar-refractivity contribution in [2.75, 3.05) is 19.0 Å². The van der Waals surface area contributed by atoms with Crippen molar-refractivity contribution in [3.8, 4) is 0 Å². The van der Waals surface area contributed by atoms with Gasteiger partial charge in [-0.15, -0.1) is 0 Å². The van der Waals surface area contributed by atoms with Crippen molar-refractivity contribution in [2.24, 2.45) is 5.41 Å².